The van der Waals surface area contributed by atoms with Gasteiger partial charge in [-0.15, -0.1) is 0 Å². The molecule has 1 saturated heterocycles. The van der Waals surface area contributed by atoms with E-state index >= 15 is 0 Å². The number of fused-ring (bicyclic) bond motifs is 1. The smallest absolute Gasteiger partial charge is 0.262 e. The number of rotatable bonds is 3. The lowest BCUT2D eigenvalue weighted by Crippen LogP contribution is -2.31. The Bertz CT molecular complexity index is 741. The number of likely N-dealkylation sites (tertiary alicyclic amines) is 1. The van der Waals surface area contributed by atoms with Crippen LogP contribution in [-0.4, -0.2) is 33.7 Å². The summed E-state index contributed by atoms with van der Waals surface area (Å²) in [4.78, 5) is 15.0. The first kappa shape index (κ1) is 13.5. The first-order valence-corrected chi connectivity index (χ1v) is 7.50. The average molecular weight is 289 g/mol. The van der Waals surface area contributed by atoms with Gasteiger partial charge in [-0.25, -0.2) is 0 Å². The van der Waals surface area contributed by atoms with Crippen LogP contribution in [0.15, 0.2) is 29.1 Å². The van der Waals surface area contributed by atoms with Crippen LogP contribution in [0.2, 0.25) is 0 Å². The molecule has 2 aromatic rings. The molecule has 20 heavy (non-hydrogen) atoms. The lowest BCUT2D eigenvalue weighted by molar-refractivity contribution is 0.318. The topological polar surface area (TPSA) is 30.2 Å². The van der Waals surface area contributed by atoms with E-state index in [9.17, 15) is 4.79 Å². The molecule has 0 radical (unpaired) electrons. The van der Waals surface area contributed by atoms with Gasteiger partial charge in [-0.3, -0.25) is 9.36 Å². The van der Waals surface area contributed by atoms with Crippen LogP contribution in [-0.2, 0) is 13.6 Å². The van der Waals surface area contributed by atoms with Gasteiger partial charge < -0.3 is 9.47 Å². The number of benzene rings is 1. The van der Waals surface area contributed by atoms with Crippen molar-refractivity contribution < 1.29 is 0 Å². The van der Waals surface area contributed by atoms with E-state index in [0.717, 1.165) is 30.5 Å². The lowest BCUT2D eigenvalue weighted by atomic mass is 10.2. The number of aryl methyl sites for hydroxylation is 1. The average Bonchev–Trinajstić information content (AvgIpc) is 2.98. The summed E-state index contributed by atoms with van der Waals surface area (Å²) in [5, 5.41) is 0.741. The van der Waals surface area contributed by atoms with Gasteiger partial charge in [0.2, 0.25) is 0 Å². The fourth-order valence-electron chi connectivity index (χ4n) is 2.91. The Hall–Kier alpha value is -1.46. The van der Waals surface area contributed by atoms with Crippen molar-refractivity contribution in [3.63, 3.8) is 0 Å². The molecule has 0 N–H and O–H groups in total. The summed E-state index contributed by atoms with van der Waals surface area (Å²) in [6.45, 7) is 3.86. The van der Waals surface area contributed by atoms with Crippen LogP contribution >= 0.6 is 12.2 Å². The van der Waals surface area contributed by atoms with Gasteiger partial charge >= 0.3 is 0 Å². The normalized spacial score (nSPS) is 16.1. The Morgan fingerprint density at radius 1 is 1.15 bits per heavy atom. The molecule has 0 amide bonds. The van der Waals surface area contributed by atoms with E-state index in [-0.39, 0.29) is 5.56 Å². The van der Waals surface area contributed by atoms with Gasteiger partial charge in [-0.2, -0.15) is 0 Å². The van der Waals surface area contributed by atoms with Crippen LogP contribution in [0.5, 0.6) is 0 Å². The van der Waals surface area contributed by atoms with E-state index in [1.807, 2.05) is 35.9 Å². The summed E-state index contributed by atoms with van der Waals surface area (Å²) < 4.78 is 4.26. The predicted molar refractivity (Wildman–Crippen MR) is 83.7 cm³/mol. The Morgan fingerprint density at radius 3 is 2.60 bits per heavy atom. The molecule has 1 fully saturated rings. The first-order chi connectivity index (χ1) is 9.68. The number of aromatic nitrogens is 2. The van der Waals surface area contributed by atoms with Crippen molar-refractivity contribution in [3.8, 4) is 0 Å². The van der Waals surface area contributed by atoms with Crippen LogP contribution < -0.4 is 5.56 Å². The second-order valence-electron chi connectivity index (χ2n) is 5.36. The first-order valence-electron chi connectivity index (χ1n) is 7.09. The molecule has 0 aliphatic carbocycles. The third-order valence-corrected chi connectivity index (χ3v) is 4.59. The van der Waals surface area contributed by atoms with Gasteiger partial charge in [0.25, 0.3) is 5.56 Å². The number of hydrogen-bond donors (Lipinski definition) is 0. The van der Waals surface area contributed by atoms with Crippen molar-refractivity contribution in [2.75, 3.05) is 19.6 Å². The molecular weight excluding hydrogens is 270 g/mol. The highest BCUT2D eigenvalue weighted by Crippen LogP contribution is 2.10. The third-order valence-electron chi connectivity index (χ3n) is 4.10. The molecule has 1 aliphatic heterocycles. The van der Waals surface area contributed by atoms with Crippen molar-refractivity contribution >= 4 is 23.1 Å². The highest BCUT2D eigenvalue weighted by Gasteiger charge is 2.13. The predicted octanol–water partition coefficient (Wildman–Crippen LogP) is 2.17. The molecule has 0 atom stereocenters. The van der Waals surface area contributed by atoms with E-state index < -0.39 is 0 Å². The van der Waals surface area contributed by atoms with E-state index in [4.69, 9.17) is 12.2 Å². The molecule has 4 nitrogen and oxygen atoms in total. The molecule has 0 saturated carbocycles. The molecule has 3 rings (SSSR count). The standard InChI is InChI=1S/C15H19N3OS/c1-16-13-7-3-2-6-12(13)14(19)18(15(16)20)11-10-17-8-4-5-9-17/h2-3,6-7H,4-5,8-11H2,1H3. The Balaban J connectivity index is 2.02. The van der Waals surface area contributed by atoms with Crippen LogP contribution in [0.1, 0.15) is 12.8 Å². The summed E-state index contributed by atoms with van der Waals surface area (Å²) in [7, 11) is 1.93. The summed E-state index contributed by atoms with van der Waals surface area (Å²) in [6, 6.07) is 7.65. The molecule has 0 spiro atoms. The van der Waals surface area contributed by atoms with Crippen molar-refractivity contribution in [1.82, 2.24) is 14.0 Å². The summed E-state index contributed by atoms with van der Waals surface area (Å²) in [5.41, 5.74) is 0.933. The SMILES string of the molecule is Cn1c(=S)n(CCN2CCCC2)c(=O)c2ccccc21. The van der Waals surface area contributed by atoms with Crippen LogP contribution in [0.25, 0.3) is 10.9 Å². The maximum atomic E-state index is 12.6. The van der Waals surface area contributed by atoms with Crippen molar-refractivity contribution in [2.45, 2.75) is 19.4 Å². The van der Waals surface area contributed by atoms with Crippen molar-refractivity contribution in [1.29, 1.82) is 0 Å². The minimum atomic E-state index is 0.0305. The summed E-state index contributed by atoms with van der Waals surface area (Å²) in [5.74, 6) is 0. The minimum absolute atomic E-state index is 0.0305. The molecule has 5 heteroatoms. The Morgan fingerprint density at radius 2 is 1.85 bits per heavy atom. The maximum Gasteiger partial charge on any atom is 0.262 e. The van der Waals surface area contributed by atoms with Crippen molar-refractivity contribution in [2.24, 2.45) is 7.05 Å². The van der Waals surface area contributed by atoms with Gasteiger partial charge in [0.1, 0.15) is 0 Å². The van der Waals surface area contributed by atoms with E-state index in [0.29, 0.717) is 11.3 Å². The molecule has 1 aromatic carbocycles. The minimum Gasteiger partial charge on any atom is -0.321 e. The molecule has 2 heterocycles. The zero-order valence-electron chi connectivity index (χ0n) is 11.7. The molecular formula is C15H19N3OS. The maximum absolute atomic E-state index is 12.6. The summed E-state index contributed by atoms with van der Waals surface area (Å²) >= 11 is 5.46. The highest BCUT2D eigenvalue weighted by molar-refractivity contribution is 7.71. The van der Waals surface area contributed by atoms with Gasteiger partial charge in [0.05, 0.1) is 10.9 Å². The monoisotopic (exact) mass is 289 g/mol. The van der Waals surface area contributed by atoms with E-state index in [2.05, 4.69) is 4.90 Å². The third kappa shape index (κ3) is 2.31. The molecule has 1 aliphatic rings. The molecule has 1 aromatic heterocycles. The van der Waals surface area contributed by atoms with Gasteiger partial charge in [-0.05, 0) is 50.3 Å². The van der Waals surface area contributed by atoms with Crippen LogP contribution in [0.3, 0.4) is 0 Å². The van der Waals surface area contributed by atoms with Gasteiger partial charge in [0, 0.05) is 20.1 Å². The van der Waals surface area contributed by atoms with E-state index in [1.54, 1.807) is 4.57 Å². The van der Waals surface area contributed by atoms with Crippen LogP contribution in [0.4, 0.5) is 0 Å². The van der Waals surface area contributed by atoms with E-state index in [1.165, 1.54) is 12.8 Å². The second kappa shape index (κ2) is 5.50. The zero-order chi connectivity index (χ0) is 14.1. The molecule has 0 bridgehead atoms. The molecule has 106 valence electrons. The number of para-hydroxylation sites is 1. The summed E-state index contributed by atoms with van der Waals surface area (Å²) in [6.07, 6.45) is 2.53. The number of nitrogens with zero attached hydrogens (tertiary/aromatic N) is 3. The number of hydrogen-bond acceptors (Lipinski definition) is 3. The fourth-order valence-corrected chi connectivity index (χ4v) is 3.18. The second-order valence-corrected chi connectivity index (χ2v) is 5.73. The quantitative estimate of drug-likeness (QED) is 0.811. The van der Waals surface area contributed by atoms with Crippen LogP contribution in [0, 0.1) is 4.77 Å². The Kier molecular flexibility index (Phi) is 3.72. The van der Waals surface area contributed by atoms with Crippen molar-refractivity contribution in [3.05, 3.63) is 39.4 Å². The van der Waals surface area contributed by atoms with Gasteiger partial charge in [0.15, 0.2) is 4.77 Å². The largest absolute Gasteiger partial charge is 0.321 e. The molecule has 0 unspecified atom stereocenters. The fraction of sp³-hybridized carbons (Fsp3) is 0.467. The highest BCUT2D eigenvalue weighted by atomic mass is 32.1. The lowest BCUT2D eigenvalue weighted by Gasteiger charge is -2.17. The van der Waals surface area contributed by atoms with Gasteiger partial charge in [-0.1, -0.05) is 12.1 Å². The Labute approximate surface area is 123 Å². The zero-order valence-corrected chi connectivity index (χ0v) is 12.5.